The molecule has 2 atom stereocenters. The maximum absolute atomic E-state index is 12.8. The number of nitrogens with one attached hydrogen (secondary N) is 2. The van der Waals surface area contributed by atoms with E-state index in [1.807, 2.05) is 13.2 Å². The number of carbonyl (C=O) groups is 1. The van der Waals surface area contributed by atoms with E-state index in [9.17, 15) is 4.79 Å². The molecule has 30 heavy (non-hydrogen) atoms. The highest BCUT2D eigenvalue weighted by molar-refractivity contribution is 6.32. The Kier molecular flexibility index (Phi) is 4.44. The van der Waals surface area contributed by atoms with Gasteiger partial charge in [-0.05, 0) is 0 Å². The molecule has 10 heteroatoms. The van der Waals surface area contributed by atoms with Crippen molar-refractivity contribution in [1.82, 2.24) is 30.0 Å². The van der Waals surface area contributed by atoms with E-state index in [4.69, 9.17) is 16.6 Å². The van der Waals surface area contributed by atoms with Crippen LogP contribution in [0, 0.1) is 16.7 Å². The van der Waals surface area contributed by atoms with Crippen molar-refractivity contribution in [1.29, 1.82) is 0 Å². The molecular formula is C20H27ClN8O. The highest BCUT2D eigenvalue weighted by Gasteiger charge is 2.59. The van der Waals surface area contributed by atoms with Crippen molar-refractivity contribution in [3.8, 4) is 0 Å². The van der Waals surface area contributed by atoms with Crippen molar-refractivity contribution in [3.63, 3.8) is 0 Å². The van der Waals surface area contributed by atoms with Gasteiger partial charge in [0.15, 0.2) is 5.82 Å². The van der Waals surface area contributed by atoms with Crippen LogP contribution < -0.4 is 15.5 Å². The molecule has 3 aliphatic heterocycles. The lowest BCUT2D eigenvalue weighted by Gasteiger charge is -2.32. The quantitative estimate of drug-likeness (QED) is 0.759. The molecule has 0 unspecified atom stereocenters. The molecule has 3 saturated heterocycles. The zero-order chi connectivity index (χ0) is 21.1. The van der Waals surface area contributed by atoms with Gasteiger partial charge in [-0.2, -0.15) is 10.1 Å². The molecule has 2 aromatic heterocycles. The summed E-state index contributed by atoms with van der Waals surface area (Å²) in [7, 11) is 1.86. The average molecular weight is 431 g/mol. The number of aromatic nitrogens is 4. The summed E-state index contributed by atoms with van der Waals surface area (Å²) in [5.74, 6) is 1.66. The molecule has 3 aliphatic rings. The van der Waals surface area contributed by atoms with Crippen molar-refractivity contribution >= 4 is 35.0 Å². The Labute approximate surface area is 180 Å². The largest absolute Gasteiger partial charge is 0.354 e. The predicted octanol–water partition coefficient (Wildman–Crippen LogP) is 1.50. The summed E-state index contributed by atoms with van der Waals surface area (Å²) >= 11 is 6.50. The van der Waals surface area contributed by atoms with E-state index in [1.165, 1.54) is 0 Å². The Balaban J connectivity index is 1.34. The van der Waals surface area contributed by atoms with Gasteiger partial charge in [-0.3, -0.25) is 9.48 Å². The number of carbonyl (C=O) groups excluding carboxylic acids is 1. The smallest absolute Gasteiger partial charge is 0.229 e. The SMILES string of the molecule is Cn1cc(Nc2ncc(Cl)c(N3C[C@]4(C)CN(C(=O)C5CNC5)C[C@]4(C)C3)n2)cn1. The molecule has 9 nitrogen and oxygen atoms in total. The zero-order valence-corrected chi connectivity index (χ0v) is 18.3. The fraction of sp³-hybridized carbons (Fsp3) is 0.600. The number of fused-ring (bicyclic) bond motifs is 1. The van der Waals surface area contributed by atoms with Gasteiger partial charge in [-0.1, -0.05) is 25.4 Å². The maximum Gasteiger partial charge on any atom is 0.229 e. The normalized spacial score (nSPS) is 28.5. The Morgan fingerprint density at radius 2 is 1.90 bits per heavy atom. The van der Waals surface area contributed by atoms with E-state index in [2.05, 4.69) is 44.4 Å². The van der Waals surface area contributed by atoms with Crippen LogP contribution in [0.2, 0.25) is 5.02 Å². The molecule has 3 fully saturated rings. The molecule has 160 valence electrons. The van der Waals surface area contributed by atoms with Gasteiger partial charge < -0.3 is 20.4 Å². The van der Waals surface area contributed by atoms with E-state index in [0.29, 0.717) is 16.9 Å². The molecule has 0 bridgehead atoms. The lowest BCUT2D eigenvalue weighted by atomic mass is 9.71. The molecule has 0 aliphatic carbocycles. The summed E-state index contributed by atoms with van der Waals surface area (Å²) in [5.41, 5.74) is 0.804. The first-order valence-corrected chi connectivity index (χ1v) is 10.7. The van der Waals surface area contributed by atoms with E-state index in [-0.39, 0.29) is 16.7 Å². The summed E-state index contributed by atoms with van der Waals surface area (Å²) < 4.78 is 1.72. The Morgan fingerprint density at radius 1 is 1.20 bits per heavy atom. The van der Waals surface area contributed by atoms with Crippen LogP contribution in [-0.4, -0.2) is 69.8 Å². The summed E-state index contributed by atoms with van der Waals surface area (Å²) in [4.78, 5) is 26.1. The minimum Gasteiger partial charge on any atom is -0.354 e. The van der Waals surface area contributed by atoms with Gasteiger partial charge >= 0.3 is 0 Å². The maximum atomic E-state index is 12.8. The molecule has 5 rings (SSSR count). The number of halogens is 1. The first-order chi connectivity index (χ1) is 14.3. The summed E-state index contributed by atoms with van der Waals surface area (Å²) in [6.45, 7) is 9.33. The van der Waals surface area contributed by atoms with E-state index in [1.54, 1.807) is 17.1 Å². The second-order valence-electron chi connectivity index (χ2n) is 9.42. The van der Waals surface area contributed by atoms with Gasteiger partial charge in [0.25, 0.3) is 0 Å². The van der Waals surface area contributed by atoms with Crippen molar-refractivity contribution in [2.24, 2.45) is 23.8 Å². The van der Waals surface area contributed by atoms with Crippen LogP contribution in [0.4, 0.5) is 17.5 Å². The van der Waals surface area contributed by atoms with Crippen molar-refractivity contribution in [3.05, 3.63) is 23.6 Å². The second-order valence-corrected chi connectivity index (χ2v) is 9.83. The van der Waals surface area contributed by atoms with Crippen LogP contribution in [0.1, 0.15) is 13.8 Å². The summed E-state index contributed by atoms with van der Waals surface area (Å²) in [6, 6.07) is 0. The van der Waals surface area contributed by atoms with E-state index in [0.717, 1.165) is 50.8 Å². The molecule has 5 heterocycles. The van der Waals surface area contributed by atoms with Gasteiger partial charge in [-0.25, -0.2) is 4.98 Å². The van der Waals surface area contributed by atoms with Crippen LogP contribution in [-0.2, 0) is 11.8 Å². The van der Waals surface area contributed by atoms with Crippen LogP contribution in [0.15, 0.2) is 18.6 Å². The number of amides is 1. The molecule has 2 aromatic rings. The number of rotatable bonds is 4. The number of hydrogen-bond donors (Lipinski definition) is 2. The molecule has 0 radical (unpaired) electrons. The number of anilines is 3. The summed E-state index contributed by atoms with van der Waals surface area (Å²) in [6.07, 6.45) is 5.23. The fourth-order valence-corrected chi connectivity index (χ4v) is 5.15. The van der Waals surface area contributed by atoms with Gasteiger partial charge in [0.1, 0.15) is 5.02 Å². The van der Waals surface area contributed by atoms with Crippen LogP contribution in [0.25, 0.3) is 0 Å². The monoisotopic (exact) mass is 430 g/mol. The van der Waals surface area contributed by atoms with Crippen LogP contribution in [0.5, 0.6) is 0 Å². The average Bonchev–Trinajstić information content (AvgIpc) is 3.23. The fourth-order valence-electron chi connectivity index (χ4n) is 4.94. The highest BCUT2D eigenvalue weighted by atomic mass is 35.5. The number of likely N-dealkylation sites (tertiary alicyclic amines) is 1. The van der Waals surface area contributed by atoms with Gasteiger partial charge in [0.05, 0.1) is 24.0 Å². The topological polar surface area (TPSA) is 91.2 Å². The summed E-state index contributed by atoms with van der Waals surface area (Å²) in [5, 5.41) is 11.1. The third kappa shape index (κ3) is 3.11. The predicted molar refractivity (Wildman–Crippen MR) is 115 cm³/mol. The van der Waals surface area contributed by atoms with Gasteiger partial charge in [0.2, 0.25) is 11.9 Å². The standard InChI is InChI=1S/C20H27ClN8O/c1-19-9-28(10-20(19,2)12-29(11-19)17(30)13-4-22-5-13)16-15(21)7-23-18(26-16)25-14-6-24-27(3)8-14/h6-8,13,22H,4-5,9-12H2,1-3H3,(H,23,25,26)/t19-,20+. The van der Waals surface area contributed by atoms with Gasteiger partial charge in [-0.15, -0.1) is 0 Å². The van der Waals surface area contributed by atoms with Crippen molar-refractivity contribution in [2.75, 3.05) is 49.5 Å². The number of hydrogen-bond acceptors (Lipinski definition) is 7. The Morgan fingerprint density at radius 3 is 2.47 bits per heavy atom. The Bertz CT molecular complexity index is 971. The number of aryl methyl sites for hydroxylation is 1. The third-order valence-corrected chi connectivity index (χ3v) is 7.31. The number of nitrogens with zero attached hydrogens (tertiary/aromatic N) is 6. The Hall–Kier alpha value is -2.39. The van der Waals surface area contributed by atoms with E-state index >= 15 is 0 Å². The second kappa shape index (κ2) is 6.81. The first kappa shape index (κ1) is 19.6. The molecule has 2 N–H and O–H groups in total. The van der Waals surface area contributed by atoms with E-state index < -0.39 is 0 Å². The lowest BCUT2D eigenvalue weighted by Crippen LogP contribution is -2.52. The van der Waals surface area contributed by atoms with Crippen molar-refractivity contribution < 1.29 is 4.79 Å². The first-order valence-electron chi connectivity index (χ1n) is 10.3. The lowest BCUT2D eigenvalue weighted by molar-refractivity contribution is -0.136. The van der Waals surface area contributed by atoms with Gasteiger partial charge in [0, 0.05) is 63.3 Å². The van der Waals surface area contributed by atoms with Crippen LogP contribution >= 0.6 is 11.6 Å². The minimum atomic E-state index is -0.00887. The zero-order valence-electron chi connectivity index (χ0n) is 17.5. The molecule has 0 spiro atoms. The third-order valence-electron chi connectivity index (χ3n) is 7.04. The van der Waals surface area contributed by atoms with Crippen molar-refractivity contribution in [2.45, 2.75) is 13.8 Å². The highest BCUT2D eigenvalue weighted by Crippen LogP contribution is 2.53. The molecule has 0 aromatic carbocycles. The molecular weight excluding hydrogens is 404 g/mol. The van der Waals surface area contributed by atoms with Crippen LogP contribution in [0.3, 0.4) is 0 Å². The molecule has 1 amide bonds. The minimum absolute atomic E-state index is 0.00887. The molecule has 0 saturated carbocycles.